The maximum absolute atomic E-state index is 13.3. The van der Waals surface area contributed by atoms with Gasteiger partial charge in [-0.15, -0.1) is 0 Å². The molecule has 0 aliphatic heterocycles. The van der Waals surface area contributed by atoms with E-state index >= 15 is 0 Å². The van der Waals surface area contributed by atoms with E-state index in [9.17, 15) is 4.79 Å². The minimum absolute atomic E-state index is 0.143. The van der Waals surface area contributed by atoms with Crippen LogP contribution in [0.2, 0.25) is 5.02 Å². The van der Waals surface area contributed by atoms with Crippen molar-refractivity contribution >= 4 is 34.1 Å². The zero-order chi connectivity index (χ0) is 21.3. The first-order valence-electron chi connectivity index (χ1n) is 10.0. The summed E-state index contributed by atoms with van der Waals surface area (Å²) in [5.74, 6) is -0.143. The second-order valence-electron chi connectivity index (χ2n) is 7.60. The number of hydrogen-bond donors (Lipinski definition) is 1. The second kappa shape index (κ2) is 8.29. The fraction of sp³-hybridized carbons (Fsp3) is 0.154. The number of nitrogens with zero attached hydrogens (tertiary/aromatic N) is 1. The predicted molar refractivity (Wildman–Crippen MR) is 125 cm³/mol. The second-order valence-corrected chi connectivity index (χ2v) is 8.03. The first-order chi connectivity index (χ1) is 14.4. The monoisotopic (exact) mass is 414 g/mol. The van der Waals surface area contributed by atoms with E-state index in [0.717, 1.165) is 45.4 Å². The number of fused-ring (bicyclic) bond motifs is 1. The van der Waals surface area contributed by atoms with Crippen LogP contribution in [0.5, 0.6) is 0 Å². The number of carbonyl (C=O) groups is 1. The van der Waals surface area contributed by atoms with Gasteiger partial charge < -0.3 is 5.32 Å². The van der Waals surface area contributed by atoms with Gasteiger partial charge >= 0.3 is 0 Å². The fourth-order valence-electron chi connectivity index (χ4n) is 3.69. The summed E-state index contributed by atoms with van der Waals surface area (Å²) in [5, 5.41) is 4.59. The van der Waals surface area contributed by atoms with Crippen LogP contribution < -0.4 is 5.32 Å². The smallest absolute Gasteiger partial charge is 0.256 e. The summed E-state index contributed by atoms with van der Waals surface area (Å²) in [6.45, 7) is 6.15. The van der Waals surface area contributed by atoms with Crippen LogP contribution in [0.4, 0.5) is 5.69 Å². The number of pyridine rings is 1. The average molecular weight is 415 g/mol. The Morgan fingerprint density at radius 2 is 1.63 bits per heavy atom. The van der Waals surface area contributed by atoms with Crippen LogP contribution in [0.15, 0.2) is 66.7 Å². The van der Waals surface area contributed by atoms with Gasteiger partial charge in [-0.3, -0.25) is 4.79 Å². The highest BCUT2D eigenvalue weighted by Crippen LogP contribution is 2.28. The third-order valence-electron chi connectivity index (χ3n) is 5.15. The maximum atomic E-state index is 13.3. The molecule has 0 bridgehead atoms. The van der Waals surface area contributed by atoms with Crippen molar-refractivity contribution in [2.24, 2.45) is 0 Å². The summed E-state index contributed by atoms with van der Waals surface area (Å²) >= 11 is 6.04. The van der Waals surface area contributed by atoms with Gasteiger partial charge in [-0.25, -0.2) is 4.98 Å². The standard InChI is InChI=1S/C26H23ClN2O/c1-4-18-5-10-24-22(14-18)23(15-25(29-24)19-6-8-20(27)9-7-19)26(30)28-21-12-16(2)11-17(3)13-21/h5-15H,4H2,1-3H3,(H,28,30). The molecule has 1 N–H and O–H groups in total. The van der Waals surface area contributed by atoms with E-state index in [2.05, 4.69) is 30.4 Å². The summed E-state index contributed by atoms with van der Waals surface area (Å²) in [4.78, 5) is 18.1. The Labute approximate surface area is 181 Å². The molecule has 4 aromatic rings. The lowest BCUT2D eigenvalue weighted by Gasteiger charge is -2.13. The van der Waals surface area contributed by atoms with E-state index in [-0.39, 0.29) is 5.91 Å². The zero-order valence-corrected chi connectivity index (χ0v) is 18.0. The molecule has 1 amide bonds. The van der Waals surface area contributed by atoms with Gasteiger partial charge in [0, 0.05) is 21.7 Å². The zero-order valence-electron chi connectivity index (χ0n) is 17.3. The Bertz CT molecular complexity index is 1230. The molecule has 3 aromatic carbocycles. The number of amides is 1. The van der Waals surface area contributed by atoms with Crippen molar-refractivity contribution in [3.05, 3.63) is 94.0 Å². The molecule has 1 aromatic heterocycles. The molecule has 3 nitrogen and oxygen atoms in total. The van der Waals surface area contributed by atoms with Crippen LogP contribution >= 0.6 is 11.6 Å². The predicted octanol–water partition coefficient (Wildman–Crippen LogP) is 6.99. The molecule has 0 aliphatic rings. The number of carbonyl (C=O) groups excluding carboxylic acids is 1. The fourth-order valence-corrected chi connectivity index (χ4v) is 3.82. The lowest BCUT2D eigenvalue weighted by Crippen LogP contribution is -2.13. The van der Waals surface area contributed by atoms with Gasteiger partial charge in [-0.1, -0.05) is 42.8 Å². The van der Waals surface area contributed by atoms with Crippen molar-refractivity contribution in [2.75, 3.05) is 5.32 Å². The Morgan fingerprint density at radius 3 is 2.30 bits per heavy atom. The van der Waals surface area contributed by atoms with Crippen molar-refractivity contribution in [1.29, 1.82) is 0 Å². The number of hydrogen-bond acceptors (Lipinski definition) is 2. The molecule has 0 spiro atoms. The van der Waals surface area contributed by atoms with Gasteiger partial charge in [0.05, 0.1) is 16.8 Å². The molecule has 150 valence electrons. The van der Waals surface area contributed by atoms with Gasteiger partial charge in [0.2, 0.25) is 0 Å². The summed E-state index contributed by atoms with van der Waals surface area (Å²) in [6.07, 6.45) is 0.896. The van der Waals surface area contributed by atoms with Crippen molar-refractivity contribution < 1.29 is 4.79 Å². The lowest BCUT2D eigenvalue weighted by molar-refractivity contribution is 0.102. The number of nitrogens with one attached hydrogen (secondary N) is 1. The third kappa shape index (κ3) is 4.22. The number of aromatic nitrogens is 1. The Kier molecular flexibility index (Phi) is 5.56. The molecule has 0 saturated carbocycles. The molecule has 0 fully saturated rings. The molecule has 0 unspecified atom stereocenters. The molecular formula is C26H23ClN2O. The minimum atomic E-state index is -0.143. The van der Waals surface area contributed by atoms with E-state index in [1.165, 1.54) is 5.56 Å². The van der Waals surface area contributed by atoms with Crippen molar-refractivity contribution in [1.82, 2.24) is 4.98 Å². The summed E-state index contributed by atoms with van der Waals surface area (Å²) in [7, 11) is 0. The first-order valence-corrected chi connectivity index (χ1v) is 10.4. The van der Waals surface area contributed by atoms with Crippen molar-refractivity contribution in [2.45, 2.75) is 27.2 Å². The van der Waals surface area contributed by atoms with E-state index in [1.54, 1.807) is 0 Å². The topological polar surface area (TPSA) is 42.0 Å². The van der Waals surface area contributed by atoms with E-state index in [0.29, 0.717) is 10.6 Å². The van der Waals surface area contributed by atoms with Crippen molar-refractivity contribution in [3.8, 4) is 11.3 Å². The summed E-state index contributed by atoms with van der Waals surface area (Å²) in [6, 6.07) is 21.5. The van der Waals surface area contributed by atoms with Gasteiger partial charge in [0.25, 0.3) is 5.91 Å². The van der Waals surface area contributed by atoms with Crippen LogP contribution in [0, 0.1) is 13.8 Å². The number of aryl methyl sites for hydroxylation is 3. The van der Waals surface area contributed by atoms with E-state index < -0.39 is 0 Å². The van der Waals surface area contributed by atoms with Gasteiger partial charge in [-0.05, 0) is 79.4 Å². The number of anilines is 1. The third-order valence-corrected chi connectivity index (χ3v) is 5.40. The molecular weight excluding hydrogens is 392 g/mol. The van der Waals surface area contributed by atoms with Crippen LogP contribution in [0.25, 0.3) is 22.2 Å². The quantitative estimate of drug-likeness (QED) is 0.391. The minimum Gasteiger partial charge on any atom is -0.322 e. The highest BCUT2D eigenvalue weighted by Gasteiger charge is 2.15. The van der Waals surface area contributed by atoms with Crippen LogP contribution in [0.3, 0.4) is 0 Å². The summed E-state index contributed by atoms with van der Waals surface area (Å²) < 4.78 is 0. The first kappa shape index (κ1) is 20.1. The van der Waals surface area contributed by atoms with Crippen molar-refractivity contribution in [3.63, 3.8) is 0 Å². The lowest BCUT2D eigenvalue weighted by atomic mass is 10.0. The maximum Gasteiger partial charge on any atom is 0.256 e. The molecule has 4 rings (SSSR count). The Morgan fingerprint density at radius 1 is 0.933 bits per heavy atom. The van der Waals surface area contributed by atoms with Gasteiger partial charge in [-0.2, -0.15) is 0 Å². The largest absolute Gasteiger partial charge is 0.322 e. The molecule has 0 atom stereocenters. The normalized spacial score (nSPS) is 10.9. The van der Waals surface area contributed by atoms with Crippen LogP contribution in [-0.4, -0.2) is 10.9 Å². The molecule has 0 radical (unpaired) electrons. The number of benzene rings is 3. The molecule has 30 heavy (non-hydrogen) atoms. The van der Waals surface area contributed by atoms with Gasteiger partial charge in [0.15, 0.2) is 0 Å². The highest BCUT2D eigenvalue weighted by atomic mass is 35.5. The van der Waals surface area contributed by atoms with E-state index in [1.807, 2.05) is 62.4 Å². The van der Waals surface area contributed by atoms with E-state index in [4.69, 9.17) is 16.6 Å². The van der Waals surface area contributed by atoms with Crippen LogP contribution in [0.1, 0.15) is 34.0 Å². The Balaban J connectivity index is 1.84. The SMILES string of the molecule is CCc1ccc2nc(-c3ccc(Cl)cc3)cc(C(=O)Nc3cc(C)cc(C)c3)c2c1. The average Bonchev–Trinajstić information content (AvgIpc) is 2.72. The number of rotatable bonds is 4. The Hall–Kier alpha value is -3.17. The van der Waals surface area contributed by atoms with Gasteiger partial charge in [0.1, 0.15) is 0 Å². The van der Waals surface area contributed by atoms with Crippen LogP contribution in [-0.2, 0) is 6.42 Å². The summed E-state index contributed by atoms with van der Waals surface area (Å²) in [5.41, 5.74) is 7.26. The number of halogens is 1. The molecule has 0 saturated heterocycles. The molecule has 4 heteroatoms. The molecule has 0 aliphatic carbocycles. The highest BCUT2D eigenvalue weighted by molar-refractivity contribution is 6.30. The molecule has 1 heterocycles.